The van der Waals surface area contributed by atoms with Gasteiger partial charge < -0.3 is 9.64 Å². The van der Waals surface area contributed by atoms with E-state index in [2.05, 4.69) is 27.8 Å². The van der Waals surface area contributed by atoms with E-state index in [0.717, 1.165) is 29.1 Å². The molecule has 0 saturated carbocycles. The van der Waals surface area contributed by atoms with Gasteiger partial charge in [-0.3, -0.25) is 0 Å². The van der Waals surface area contributed by atoms with Crippen molar-refractivity contribution in [2.75, 3.05) is 13.6 Å². The van der Waals surface area contributed by atoms with E-state index in [-0.39, 0.29) is 5.82 Å². The van der Waals surface area contributed by atoms with Crippen molar-refractivity contribution in [3.05, 3.63) is 51.7 Å². The molecule has 0 aliphatic heterocycles. The Morgan fingerprint density at radius 3 is 2.61 bits per heavy atom. The second-order valence-corrected chi connectivity index (χ2v) is 6.25. The van der Waals surface area contributed by atoms with Crippen molar-refractivity contribution in [1.29, 1.82) is 0 Å². The first-order valence-corrected chi connectivity index (χ1v) is 8.18. The summed E-state index contributed by atoms with van der Waals surface area (Å²) in [6.07, 6.45) is 1.82. The second kappa shape index (κ2) is 7.59. The van der Waals surface area contributed by atoms with Gasteiger partial charge in [-0.1, -0.05) is 0 Å². The average Bonchev–Trinajstić information content (AvgIpc) is 2.52. The summed E-state index contributed by atoms with van der Waals surface area (Å²) in [5.74, 6) is 1.02. The molecule has 0 bridgehead atoms. The number of aryl methyl sites for hydroxylation is 2. The summed E-state index contributed by atoms with van der Waals surface area (Å²) in [7, 11) is 1.98. The van der Waals surface area contributed by atoms with Crippen LogP contribution in [0.15, 0.2) is 39.8 Å². The fourth-order valence-corrected chi connectivity index (χ4v) is 2.29. The van der Waals surface area contributed by atoms with E-state index in [9.17, 15) is 4.39 Å². The van der Waals surface area contributed by atoms with Gasteiger partial charge in [0.1, 0.15) is 17.3 Å². The molecule has 2 rings (SSSR count). The topological polar surface area (TPSA) is 24.8 Å². The zero-order valence-corrected chi connectivity index (χ0v) is 15.3. The van der Waals surface area contributed by atoms with Crippen molar-refractivity contribution in [2.24, 2.45) is 4.99 Å². The zero-order chi connectivity index (χ0) is 17.0. The van der Waals surface area contributed by atoms with Gasteiger partial charge in [-0.2, -0.15) is 0 Å². The van der Waals surface area contributed by atoms with Crippen LogP contribution in [0.3, 0.4) is 0 Å². The Bertz CT molecular complexity index is 731. The lowest BCUT2D eigenvalue weighted by atomic mass is 10.1. The van der Waals surface area contributed by atoms with Crippen LogP contribution in [-0.2, 0) is 0 Å². The minimum Gasteiger partial charge on any atom is -0.457 e. The minimum atomic E-state index is -0.310. The molecule has 0 aromatic heterocycles. The predicted octanol–water partition coefficient (Wildman–Crippen LogP) is 5.61. The first kappa shape index (κ1) is 17.5. The molecule has 0 saturated heterocycles. The van der Waals surface area contributed by atoms with Crippen molar-refractivity contribution in [3.63, 3.8) is 0 Å². The molecule has 0 fully saturated rings. The first-order chi connectivity index (χ1) is 10.9. The summed E-state index contributed by atoms with van der Waals surface area (Å²) in [6, 6.07) is 8.54. The fourth-order valence-electron chi connectivity index (χ4n) is 1.93. The molecule has 122 valence electrons. The van der Waals surface area contributed by atoms with Crippen LogP contribution in [-0.4, -0.2) is 24.8 Å². The van der Waals surface area contributed by atoms with Crippen LogP contribution in [0.4, 0.5) is 10.1 Å². The Labute approximate surface area is 144 Å². The molecule has 0 heterocycles. The first-order valence-electron chi connectivity index (χ1n) is 7.39. The van der Waals surface area contributed by atoms with Crippen LogP contribution < -0.4 is 4.74 Å². The maximum atomic E-state index is 13.3. The summed E-state index contributed by atoms with van der Waals surface area (Å²) in [5, 5.41) is 0. The number of nitrogens with zero attached hydrogens (tertiary/aromatic N) is 2. The smallest absolute Gasteiger partial charge is 0.137 e. The largest absolute Gasteiger partial charge is 0.457 e. The van der Waals surface area contributed by atoms with Gasteiger partial charge in [0.2, 0.25) is 0 Å². The molecule has 5 heteroatoms. The van der Waals surface area contributed by atoms with Crippen LogP contribution >= 0.6 is 15.9 Å². The highest BCUT2D eigenvalue weighted by atomic mass is 79.9. The Kier molecular flexibility index (Phi) is 5.77. The molecule has 2 aromatic carbocycles. The van der Waals surface area contributed by atoms with Crippen LogP contribution in [0, 0.1) is 19.7 Å². The Balaban J connectivity index is 2.25. The van der Waals surface area contributed by atoms with E-state index in [1.165, 1.54) is 6.07 Å². The average molecular weight is 379 g/mol. The molecule has 2 aromatic rings. The third kappa shape index (κ3) is 4.55. The lowest BCUT2D eigenvalue weighted by Gasteiger charge is -2.13. The van der Waals surface area contributed by atoms with Crippen LogP contribution in [0.5, 0.6) is 11.5 Å². The lowest BCUT2D eigenvalue weighted by Crippen LogP contribution is -2.14. The van der Waals surface area contributed by atoms with Crippen molar-refractivity contribution in [1.82, 2.24) is 4.90 Å². The quantitative estimate of drug-likeness (QED) is 0.498. The van der Waals surface area contributed by atoms with Gasteiger partial charge in [-0.05, 0) is 78.2 Å². The van der Waals surface area contributed by atoms with E-state index < -0.39 is 0 Å². The normalized spacial score (nSPS) is 11.0. The van der Waals surface area contributed by atoms with Gasteiger partial charge >= 0.3 is 0 Å². The van der Waals surface area contributed by atoms with E-state index in [0.29, 0.717) is 10.2 Å². The number of hydrogen-bond donors (Lipinski definition) is 0. The molecule has 23 heavy (non-hydrogen) atoms. The lowest BCUT2D eigenvalue weighted by molar-refractivity contribution is 0.476. The predicted molar refractivity (Wildman–Crippen MR) is 96.5 cm³/mol. The molecular weight excluding hydrogens is 359 g/mol. The van der Waals surface area contributed by atoms with Crippen molar-refractivity contribution >= 4 is 28.0 Å². The second-order valence-electron chi connectivity index (χ2n) is 5.40. The van der Waals surface area contributed by atoms with Crippen LogP contribution in [0.1, 0.15) is 18.1 Å². The molecule has 0 atom stereocenters. The molecule has 3 nitrogen and oxygen atoms in total. The number of hydrogen-bond acceptors (Lipinski definition) is 2. The molecule has 0 radical (unpaired) electrons. The number of halogens is 2. The molecule has 0 amide bonds. The van der Waals surface area contributed by atoms with Crippen molar-refractivity contribution in [2.45, 2.75) is 20.8 Å². The summed E-state index contributed by atoms with van der Waals surface area (Å²) < 4.78 is 19.5. The standard InChI is InChI=1S/C18H20BrFN2O/c1-5-22(4)11-21-17-8-13(3)18(9-12(17)2)23-14-6-7-16(20)15(19)10-14/h6-11H,5H2,1-4H3/b21-11+. The maximum absolute atomic E-state index is 13.3. The SMILES string of the molecule is CCN(C)/C=N/c1cc(C)c(Oc2ccc(F)c(Br)c2)cc1C. The summed E-state index contributed by atoms with van der Waals surface area (Å²) in [5.41, 5.74) is 2.91. The number of benzene rings is 2. The molecule has 0 N–H and O–H groups in total. The number of ether oxygens (including phenoxy) is 1. The van der Waals surface area contributed by atoms with Crippen LogP contribution in [0.2, 0.25) is 0 Å². The molecule has 0 spiro atoms. The van der Waals surface area contributed by atoms with Gasteiger partial charge in [0.15, 0.2) is 0 Å². The molecule has 0 aliphatic carbocycles. The Morgan fingerprint density at radius 1 is 1.22 bits per heavy atom. The number of aliphatic imine (C=N–C) groups is 1. The third-order valence-corrected chi connectivity index (χ3v) is 4.11. The van der Waals surface area contributed by atoms with Gasteiger partial charge in [0.05, 0.1) is 16.5 Å². The highest BCUT2D eigenvalue weighted by Gasteiger charge is 2.08. The van der Waals surface area contributed by atoms with E-state index >= 15 is 0 Å². The maximum Gasteiger partial charge on any atom is 0.137 e. The van der Waals surface area contributed by atoms with E-state index in [1.807, 2.05) is 44.3 Å². The Hall–Kier alpha value is -1.88. The highest BCUT2D eigenvalue weighted by molar-refractivity contribution is 9.10. The van der Waals surface area contributed by atoms with Gasteiger partial charge in [-0.25, -0.2) is 9.38 Å². The Morgan fingerprint density at radius 2 is 1.96 bits per heavy atom. The number of rotatable bonds is 5. The summed E-state index contributed by atoms with van der Waals surface area (Å²) in [4.78, 5) is 6.51. The fraction of sp³-hybridized carbons (Fsp3) is 0.278. The summed E-state index contributed by atoms with van der Waals surface area (Å²) in [6.45, 7) is 6.94. The minimum absolute atomic E-state index is 0.310. The van der Waals surface area contributed by atoms with Crippen LogP contribution in [0.25, 0.3) is 0 Å². The highest BCUT2D eigenvalue weighted by Crippen LogP contribution is 2.32. The van der Waals surface area contributed by atoms with Crippen molar-refractivity contribution in [3.8, 4) is 11.5 Å². The van der Waals surface area contributed by atoms with Crippen molar-refractivity contribution < 1.29 is 9.13 Å². The molecule has 0 unspecified atom stereocenters. The molecular formula is C18H20BrFN2O. The van der Waals surface area contributed by atoms with E-state index in [1.54, 1.807) is 12.1 Å². The van der Waals surface area contributed by atoms with Gasteiger partial charge in [0.25, 0.3) is 0 Å². The van der Waals surface area contributed by atoms with Gasteiger partial charge in [-0.15, -0.1) is 0 Å². The zero-order valence-electron chi connectivity index (χ0n) is 13.7. The molecule has 0 aliphatic rings. The van der Waals surface area contributed by atoms with Gasteiger partial charge in [0, 0.05) is 13.6 Å². The summed E-state index contributed by atoms with van der Waals surface area (Å²) >= 11 is 3.17. The third-order valence-electron chi connectivity index (χ3n) is 3.51. The van der Waals surface area contributed by atoms with E-state index in [4.69, 9.17) is 4.74 Å². The monoisotopic (exact) mass is 378 g/mol.